The van der Waals surface area contributed by atoms with Gasteiger partial charge in [-0.2, -0.15) is 0 Å². The highest BCUT2D eigenvalue weighted by Gasteiger charge is 2.31. The van der Waals surface area contributed by atoms with Crippen LogP contribution in [0.5, 0.6) is 11.5 Å². The van der Waals surface area contributed by atoms with Gasteiger partial charge in [0.15, 0.2) is 5.78 Å². The van der Waals surface area contributed by atoms with Gasteiger partial charge in [-0.1, -0.05) is 6.07 Å². The monoisotopic (exact) mass is 407 g/mol. The first-order valence-electron chi connectivity index (χ1n) is 9.63. The second-order valence-electron chi connectivity index (χ2n) is 7.22. The summed E-state index contributed by atoms with van der Waals surface area (Å²) in [6, 6.07) is 11.6. The molecule has 0 radical (unpaired) electrons. The first-order chi connectivity index (χ1) is 14.5. The van der Waals surface area contributed by atoms with E-state index in [4.69, 9.17) is 9.47 Å². The van der Waals surface area contributed by atoms with Crippen LogP contribution < -0.4 is 14.8 Å². The van der Waals surface area contributed by atoms with Crippen LogP contribution in [0.4, 0.5) is 16.0 Å². The molecule has 3 aromatic rings. The van der Waals surface area contributed by atoms with Crippen LogP contribution in [0.2, 0.25) is 0 Å². The predicted octanol–water partition coefficient (Wildman–Crippen LogP) is 4.60. The van der Waals surface area contributed by atoms with Crippen LogP contribution in [0.3, 0.4) is 0 Å². The Labute approximate surface area is 174 Å². The molecule has 0 amide bonds. The van der Waals surface area contributed by atoms with Crippen LogP contribution >= 0.6 is 0 Å². The van der Waals surface area contributed by atoms with Crippen molar-refractivity contribution in [1.82, 2.24) is 9.97 Å². The van der Waals surface area contributed by atoms with E-state index in [-0.39, 0.29) is 17.5 Å². The van der Waals surface area contributed by atoms with Crippen LogP contribution in [0, 0.1) is 12.7 Å². The van der Waals surface area contributed by atoms with Gasteiger partial charge in [-0.3, -0.25) is 4.79 Å². The number of ketones is 1. The van der Waals surface area contributed by atoms with E-state index >= 15 is 0 Å². The zero-order chi connectivity index (χ0) is 21.3. The molecule has 1 aliphatic carbocycles. The maximum absolute atomic E-state index is 13.2. The molecule has 0 spiro atoms. The van der Waals surface area contributed by atoms with Gasteiger partial charge in [0.05, 0.1) is 31.2 Å². The van der Waals surface area contributed by atoms with Gasteiger partial charge < -0.3 is 14.8 Å². The first-order valence-corrected chi connectivity index (χ1v) is 9.63. The molecule has 4 rings (SSSR count). The number of anilines is 2. The molecule has 30 heavy (non-hydrogen) atoms. The van der Waals surface area contributed by atoms with Crippen molar-refractivity contribution in [3.8, 4) is 11.5 Å². The molecule has 6 nitrogen and oxygen atoms in total. The summed E-state index contributed by atoms with van der Waals surface area (Å²) in [6.07, 6.45) is 0.954. The summed E-state index contributed by atoms with van der Waals surface area (Å²) in [5.74, 6) is 1.41. The molecular weight excluding hydrogens is 385 g/mol. The summed E-state index contributed by atoms with van der Waals surface area (Å²) in [4.78, 5) is 21.9. The van der Waals surface area contributed by atoms with Gasteiger partial charge in [0, 0.05) is 24.1 Å². The van der Waals surface area contributed by atoms with Gasteiger partial charge in [0.25, 0.3) is 0 Å². The van der Waals surface area contributed by atoms with Gasteiger partial charge in [0.2, 0.25) is 5.95 Å². The number of halogens is 1. The van der Waals surface area contributed by atoms with E-state index in [1.54, 1.807) is 26.4 Å². The highest BCUT2D eigenvalue weighted by atomic mass is 19.1. The third kappa shape index (κ3) is 3.83. The van der Waals surface area contributed by atoms with Crippen molar-refractivity contribution >= 4 is 17.4 Å². The van der Waals surface area contributed by atoms with Gasteiger partial charge >= 0.3 is 0 Å². The number of rotatable bonds is 5. The number of aromatic nitrogens is 2. The molecule has 0 aliphatic heterocycles. The molecule has 154 valence electrons. The summed E-state index contributed by atoms with van der Waals surface area (Å²) in [6.45, 7) is 1.81. The minimum absolute atomic E-state index is 0.0185. The number of nitrogens with one attached hydrogen (secondary N) is 1. The quantitative estimate of drug-likeness (QED) is 0.667. The molecule has 0 bridgehead atoms. The Kier molecular flexibility index (Phi) is 5.35. The third-order valence-electron chi connectivity index (χ3n) is 5.30. The molecular formula is C23H22FN3O3. The number of carbonyl (C=O) groups excluding carboxylic acids is 1. The summed E-state index contributed by atoms with van der Waals surface area (Å²) < 4.78 is 24.0. The second-order valence-corrected chi connectivity index (χ2v) is 7.22. The minimum atomic E-state index is -0.315. The largest absolute Gasteiger partial charge is 0.497 e. The van der Waals surface area contributed by atoms with Crippen molar-refractivity contribution in [1.29, 1.82) is 0 Å². The average Bonchev–Trinajstić information content (AvgIpc) is 2.74. The van der Waals surface area contributed by atoms with E-state index in [0.717, 1.165) is 5.56 Å². The Morgan fingerprint density at radius 3 is 2.50 bits per heavy atom. The van der Waals surface area contributed by atoms with Gasteiger partial charge in [0.1, 0.15) is 17.3 Å². The van der Waals surface area contributed by atoms with E-state index in [1.807, 2.05) is 25.1 Å². The molecule has 2 aromatic carbocycles. The lowest BCUT2D eigenvalue weighted by atomic mass is 9.81. The fraction of sp³-hybridized carbons (Fsp3) is 0.261. The summed E-state index contributed by atoms with van der Waals surface area (Å²) in [7, 11) is 3.21. The van der Waals surface area contributed by atoms with E-state index in [2.05, 4.69) is 15.3 Å². The van der Waals surface area contributed by atoms with Gasteiger partial charge in [-0.15, -0.1) is 0 Å². The van der Waals surface area contributed by atoms with Crippen LogP contribution in [-0.4, -0.2) is 30.0 Å². The Hall–Kier alpha value is -3.48. The maximum atomic E-state index is 13.2. The number of hydrogen-bond acceptors (Lipinski definition) is 6. The first kappa shape index (κ1) is 19.8. The molecule has 0 unspecified atom stereocenters. The second kappa shape index (κ2) is 8.10. The molecule has 1 heterocycles. The molecule has 7 heteroatoms. The SMILES string of the molecule is COc1ccc([C@@H]2CC(=O)c3c(C)nc(Nc4ccc(F)cc4)nc3C2)c(OC)c1. The number of fused-ring (bicyclic) bond motifs is 1. The Morgan fingerprint density at radius 2 is 1.80 bits per heavy atom. The lowest BCUT2D eigenvalue weighted by Crippen LogP contribution is -2.23. The van der Waals surface area contributed by atoms with E-state index in [1.165, 1.54) is 12.1 Å². The average molecular weight is 407 g/mol. The predicted molar refractivity (Wildman–Crippen MR) is 111 cm³/mol. The molecule has 0 saturated heterocycles. The zero-order valence-electron chi connectivity index (χ0n) is 17.0. The molecule has 1 N–H and O–H groups in total. The Balaban J connectivity index is 1.67. The Morgan fingerprint density at radius 1 is 1.03 bits per heavy atom. The molecule has 1 atom stereocenters. The highest BCUT2D eigenvalue weighted by Crippen LogP contribution is 2.39. The lowest BCUT2D eigenvalue weighted by molar-refractivity contribution is 0.0961. The fourth-order valence-corrected chi connectivity index (χ4v) is 3.87. The smallest absolute Gasteiger partial charge is 0.227 e. The summed E-state index contributed by atoms with van der Waals surface area (Å²) in [5.41, 5.74) is 3.54. The number of ether oxygens (including phenoxy) is 2. The van der Waals surface area contributed by atoms with Crippen LogP contribution in [0.1, 0.15) is 39.6 Å². The number of benzene rings is 2. The number of aryl methyl sites for hydroxylation is 1. The normalized spacial score (nSPS) is 15.5. The maximum Gasteiger partial charge on any atom is 0.227 e. The fourth-order valence-electron chi connectivity index (χ4n) is 3.87. The number of Topliss-reactive ketones (excluding diaryl/α,β-unsaturated/α-hetero) is 1. The van der Waals surface area contributed by atoms with Crippen LogP contribution in [0.15, 0.2) is 42.5 Å². The third-order valence-corrected chi connectivity index (χ3v) is 5.30. The van der Waals surface area contributed by atoms with Gasteiger partial charge in [-0.25, -0.2) is 14.4 Å². The molecule has 0 fully saturated rings. The zero-order valence-corrected chi connectivity index (χ0v) is 17.0. The molecule has 1 aromatic heterocycles. The van der Waals surface area contributed by atoms with Crippen LogP contribution in [0.25, 0.3) is 0 Å². The summed E-state index contributed by atoms with van der Waals surface area (Å²) in [5, 5.41) is 3.09. The standard InChI is InChI=1S/C23H22FN3O3/c1-13-22-19(27-23(25-13)26-16-6-4-15(24)5-7-16)10-14(11-20(22)28)18-9-8-17(29-2)12-21(18)30-3/h4-9,12,14H,10-11H2,1-3H3,(H,25,26,27)/t14-/m0/s1. The molecule has 1 aliphatic rings. The van der Waals surface area contributed by atoms with E-state index in [0.29, 0.717) is 52.9 Å². The molecule has 0 saturated carbocycles. The van der Waals surface area contributed by atoms with Crippen molar-refractivity contribution in [3.05, 3.63) is 70.8 Å². The summed E-state index contributed by atoms with van der Waals surface area (Å²) >= 11 is 0. The van der Waals surface area contributed by atoms with Crippen molar-refractivity contribution in [3.63, 3.8) is 0 Å². The van der Waals surface area contributed by atoms with Crippen molar-refractivity contribution in [2.24, 2.45) is 0 Å². The number of hydrogen-bond donors (Lipinski definition) is 1. The minimum Gasteiger partial charge on any atom is -0.497 e. The van der Waals surface area contributed by atoms with Crippen LogP contribution in [-0.2, 0) is 6.42 Å². The van der Waals surface area contributed by atoms with Crippen molar-refractivity contribution in [2.45, 2.75) is 25.7 Å². The highest BCUT2D eigenvalue weighted by molar-refractivity contribution is 6.00. The topological polar surface area (TPSA) is 73.3 Å². The lowest BCUT2D eigenvalue weighted by Gasteiger charge is -2.26. The van der Waals surface area contributed by atoms with E-state index in [9.17, 15) is 9.18 Å². The Bertz CT molecular complexity index is 1100. The van der Waals surface area contributed by atoms with Gasteiger partial charge in [-0.05, 0) is 49.2 Å². The number of nitrogens with zero attached hydrogens (tertiary/aromatic N) is 2. The number of carbonyl (C=O) groups is 1. The van der Waals surface area contributed by atoms with Crippen molar-refractivity contribution in [2.75, 3.05) is 19.5 Å². The van der Waals surface area contributed by atoms with Crippen molar-refractivity contribution < 1.29 is 18.7 Å². The number of methoxy groups -OCH3 is 2. The van der Waals surface area contributed by atoms with E-state index < -0.39 is 0 Å².